The highest BCUT2D eigenvalue weighted by atomic mass is 16.5. The number of H-pyrrole nitrogens is 1. The van der Waals surface area contributed by atoms with Crippen LogP contribution in [0.5, 0.6) is 5.75 Å². The van der Waals surface area contributed by atoms with Crippen molar-refractivity contribution in [3.63, 3.8) is 0 Å². The highest BCUT2D eigenvalue weighted by molar-refractivity contribution is 5.76. The molecule has 0 amide bonds. The molecular formula is C13H17N3O. The first-order chi connectivity index (χ1) is 8.26. The summed E-state index contributed by atoms with van der Waals surface area (Å²) in [6.45, 7) is 2.13. The fourth-order valence-corrected chi connectivity index (χ4v) is 1.90. The maximum absolute atomic E-state index is 5.90. The monoisotopic (exact) mass is 231 g/mol. The second-order valence-corrected chi connectivity index (χ2v) is 3.94. The van der Waals surface area contributed by atoms with Gasteiger partial charge in [-0.25, -0.2) is 0 Å². The number of nitrogens with two attached hydrogens (primary N) is 1. The summed E-state index contributed by atoms with van der Waals surface area (Å²) in [5.74, 6) is 1.39. The van der Waals surface area contributed by atoms with Gasteiger partial charge in [0.15, 0.2) is 5.82 Å². The summed E-state index contributed by atoms with van der Waals surface area (Å²) in [7, 11) is 1.66. The van der Waals surface area contributed by atoms with Gasteiger partial charge in [0.25, 0.3) is 0 Å². The first-order valence-corrected chi connectivity index (χ1v) is 5.73. The summed E-state index contributed by atoms with van der Waals surface area (Å²) in [5, 5.41) is 7.07. The summed E-state index contributed by atoms with van der Waals surface area (Å²) >= 11 is 0. The van der Waals surface area contributed by atoms with Gasteiger partial charge >= 0.3 is 0 Å². The Balaban J connectivity index is 2.40. The van der Waals surface area contributed by atoms with Crippen molar-refractivity contribution in [2.75, 3.05) is 12.8 Å². The van der Waals surface area contributed by atoms with Gasteiger partial charge in [-0.05, 0) is 24.1 Å². The molecule has 0 bridgehead atoms. The van der Waals surface area contributed by atoms with Crippen LogP contribution < -0.4 is 10.5 Å². The van der Waals surface area contributed by atoms with Crippen molar-refractivity contribution in [1.29, 1.82) is 0 Å². The number of hydrogen-bond donors (Lipinski definition) is 2. The highest BCUT2D eigenvalue weighted by Gasteiger charge is 2.12. The lowest BCUT2D eigenvalue weighted by molar-refractivity contribution is 0.415. The molecular weight excluding hydrogens is 214 g/mol. The average Bonchev–Trinajstić information content (AvgIpc) is 2.71. The molecule has 0 saturated heterocycles. The zero-order chi connectivity index (χ0) is 12.3. The Labute approximate surface area is 101 Å². The smallest absolute Gasteiger partial charge is 0.153 e. The number of aromatic nitrogens is 2. The lowest BCUT2D eigenvalue weighted by Crippen LogP contribution is -1.91. The number of nitrogens with one attached hydrogen (secondary N) is 1. The summed E-state index contributed by atoms with van der Waals surface area (Å²) in [5.41, 5.74) is 9.07. The van der Waals surface area contributed by atoms with Crippen molar-refractivity contribution in [2.45, 2.75) is 19.8 Å². The van der Waals surface area contributed by atoms with E-state index in [1.54, 1.807) is 7.11 Å². The molecule has 2 aromatic rings. The molecule has 1 aromatic carbocycles. The normalized spacial score (nSPS) is 10.5. The van der Waals surface area contributed by atoms with Gasteiger partial charge in [0.05, 0.1) is 7.11 Å². The van der Waals surface area contributed by atoms with E-state index in [0.29, 0.717) is 5.82 Å². The van der Waals surface area contributed by atoms with Crippen LogP contribution in [0.25, 0.3) is 11.1 Å². The molecule has 0 aliphatic rings. The number of ether oxygens (including phenoxy) is 1. The molecule has 4 heteroatoms. The van der Waals surface area contributed by atoms with Crippen molar-refractivity contribution in [2.24, 2.45) is 0 Å². The quantitative estimate of drug-likeness (QED) is 0.850. The van der Waals surface area contributed by atoms with Gasteiger partial charge in [-0.15, -0.1) is 0 Å². The highest BCUT2D eigenvalue weighted by Crippen LogP contribution is 2.29. The molecule has 0 saturated carbocycles. The van der Waals surface area contributed by atoms with E-state index in [2.05, 4.69) is 17.1 Å². The predicted molar refractivity (Wildman–Crippen MR) is 69.0 cm³/mol. The van der Waals surface area contributed by atoms with Crippen LogP contribution in [0.4, 0.5) is 5.82 Å². The van der Waals surface area contributed by atoms with Crippen LogP contribution in [-0.2, 0) is 6.42 Å². The van der Waals surface area contributed by atoms with Crippen LogP contribution in [0.2, 0.25) is 0 Å². The van der Waals surface area contributed by atoms with Crippen LogP contribution in [0.3, 0.4) is 0 Å². The second-order valence-electron chi connectivity index (χ2n) is 3.94. The Morgan fingerprint density at radius 3 is 2.59 bits per heavy atom. The van der Waals surface area contributed by atoms with E-state index in [-0.39, 0.29) is 0 Å². The van der Waals surface area contributed by atoms with Crippen LogP contribution >= 0.6 is 0 Å². The van der Waals surface area contributed by atoms with E-state index in [4.69, 9.17) is 10.5 Å². The Morgan fingerprint density at radius 1 is 1.29 bits per heavy atom. The molecule has 90 valence electrons. The van der Waals surface area contributed by atoms with E-state index < -0.39 is 0 Å². The number of nitrogens with zero attached hydrogens (tertiary/aromatic N) is 1. The molecule has 3 N–H and O–H groups in total. The SMILES string of the molecule is CCCc1[nH]nc(N)c1-c1ccc(OC)cc1. The number of benzene rings is 1. The molecule has 17 heavy (non-hydrogen) atoms. The third kappa shape index (κ3) is 2.25. The topological polar surface area (TPSA) is 63.9 Å². The minimum atomic E-state index is 0.554. The number of hydrogen-bond acceptors (Lipinski definition) is 3. The fourth-order valence-electron chi connectivity index (χ4n) is 1.90. The summed E-state index contributed by atoms with van der Waals surface area (Å²) < 4.78 is 5.14. The van der Waals surface area contributed by atoms with Crippen LogP contribution in [0.1, 0.15) is 19.0 Å². The van der Waals surface area contributed by atoms with Crippen molar-refractivity contribution in [1.82, 2.24) is 10.2 Å². The van der Waals surface area contributed by atoms with Crippen LogP contribution in [0.15, 0.2) is 24.3 Å². The van der Waals surface area contributed by atoms with Crippen molar-refractivity contribution in [3.05, 3.63) is 30.0 Å². The number of aromatic amines is 1. The Morgan fingerprint density at radius 2 is 2.00 bits per heavy atom. The second kappa shape index (κ2) is 4.91. The van der Waals surface area contributed by atoms with Crippen molar-refractivity contribution in [3.8, 4) is 16.9 Å². The van der Waals surface area contributed by atoms with Crippen molar-refractivity contribution < 1.29 is 4.74 Å². The lowest BCUT2D eigenvalue weighted by atomic mass is 10.0. The Bertz CT molecular complexity index is 488. The van der Waals surface area contributed by atoms with E-state index in [0.717, 1.165) is 35.4 Å². The Hall–Kier alpha value is -1.97. The molecule has 0 aliphatic heterocycles. The largest absolute Gasteiger partial charge is 0.497 e. The first-order valence-electron chi connectivity index (χ1n) is 5.73. The zero-order valence-corrected chi connectivity index (χ0v) is 10.2. The van der Waals surface area contributed by atoms with E-state index >= 15 is 0 Å². The van der Waals surface area contributed by atoms with E-state index in [9.17, 15) is 0 Å². The number of nitrogen functional groups attached to an aromatic ring is 1. The fraction of sp³-hybridized carbons (Fsp3) is 0.308. The molecule has 1 aromatic heterocycles. The van der Waals surface area contributed by atoms with Gasteiger partial charge in [-0.1, -0.05) is 25.5 Å². The number of methoxy groups -OCH3 is 1. The Kier molecular flexibility index (Phi) is 3.32. The molecule has 0 atom stereocenters. The molecule has 1 heterocycles. The van der Waals surface area contributed by atoms with Crippen LogP contribution in [0, 0.1) is 0 Å². The maximum Gasteiger partial charge on any atom is 0.153 e. The summed E-state index contributed by atoms with van der Waals surface area (Å²) in [6, 6.07) is 7.85. The number of rotatable bonds is 4. The molecule has 4 nitrogen and oxygen atoms in total. The van der Waals surface area contributed by atoms with Gasteiger partial charge in [0.1, 0.15) is 5.75 Å². The van der Waals surface area contributed by atoms with Crippen molar-refractivity contribution >= 4 is 5.82 Å². The first kappa shape index (κ1) is 11.5. The van der Waals surface area contributed by atoms with Gasteiger partial charge in [-0.2, -0.15) is 5.10 Å². The van der Waals surface area contributed by atoms with Crippen LogP contribution in [-0.4, -0.2) is 17.3 Å². The maximum atomic E-state index is 5.90. The third-order valence-electron chi connectivity index (χ3n) is 2.75. The van der Waals surface area contributed by atoms with Gasteiger partial charge in [-0.3, -0.25) is 5.10 Å². The molecule has 0 unspecified atom stereocenters. The minimum absolute atomic E-state index is 0.554. The average molecular weight is 231 g/mol. The molecule has 2 rings (SSSR count). The van der Waals surface area contributed by atoms with E-state index in [1.807, 2.05) is 24.3 Å². The molecule has 0 spiro atoms. The number of anilines is 1. The molecule has 0 radical (unpaired) electrons. The van der Waals surface area contributed by atoms with Gasteiger partial charge in [0, 0.05) is 11.3 Å². The molecule has 0 aliphatic carbocycles. The lowest BCUT2D eigenvalue weighted by Gasteiger charge is -2.05. The minimum Gasteiger partial charge on any atom is -0.497 e. The summed E-state index contributed by atoms with van der Waals surface area (Å²) in [4.78, 5) is 0. The van der Waals surface area contributed by atoms with Gasteiger partial charge < -0.3 is 10.5 Å². The zero-order valence-electron chi connectivity index (χ0n) is 10.2. The number of aryl methyl sites for hydroxylation is 1. The van der Waals surface area contributed by atoms with Gasteiger partial charge in [0.2, 0.25) is 0 Å². The van der Waals surface area contributed by atoms with E-state index in [1.165, 1.54) is 0 Å². The standard InChI is InChI=1S/C13H17N3O/c1-3-4-11-12(13(14)16-15-11)9-5-7-10(17-2)8-6-9/h5-8H,3-4H2,1-2H3,(H3,14,15,16). The summed E-state index contributed by atoms with van der Waals surface area (Å²) in [6.07, 6.45) is 2.01. The molecule has 0 fully saturated rings. The third-order valence-corrected chi connectivity index (χ3v) is 2.75. The predicted octanol–water partition coefficient (Wildman–Crippen LogP) is 2.62.